The van der Waals surface area contributed by atoms with Gasteiger partial charge in [0.2, 0.25) is 0 Å². The van der Waals surface area contributed by atoms with E-state index in [-0.39, 0.29) is 5.12 Å². The summed E-state index contributed by atoms with van der Waals surface area (Å²) in [6.07, 6.45) is 2.01. The molecule has 2 rings (SSSR count). The van der Waals surface area contributed by atoms with Crippen molar-refractivity contribution in [3.05, 3.63) is 35.3 Å². The standard InChI is InChI=1S/C17H24BNO3S/c1-12(20)23-11-14(10-13-6-8-15(19)9-7-13)18-21-16(2,3)17(4,5)22-18/h6-10H,11,19H2,1-5H3. The first kappa shape index (κ1) is 18.1. The molecule has 1 aliphatic rings. The van der Waals surface area contributed by atoms with E-state index in [4.69, 9.17) is 15.0 Å². The van der Waals surface area contributed by atoms with Crippen molar-refractivity contribution in [2.45, 2.75) is 45.8 Å². The summed E-state index contributed by atoms with van der Waals surface area (Å²) >= 11 is 1.26. The summed E-state index contributed by atoms with van der Waals surface area (Å²) in [5.74, 6) is 0.538. The van der Waals surface area contributed by atoms with Crippen molar-refractivity contribution in [1.82, 2.24) is 0 Å². The second-order valence-electron chi connectivity index (χ2n) is 6.75. The highest BCUT2D eigenvalue weighted by molar-refractivity contribution is 8.13. The minimum atomic E-state index is -0.454. The number of rotatable bonds is 4. The fourth-order valence-electron chi connectivity index (χ4n) is 2.16. The van der Waals surface area contributed by atoms with Gasteiger partial charge in [0.05, 0.1) is 11.2 Å². The van der Waals surface area contributed by atoms with Crippen LogP contribution < -0.4 is 5.73 Å². The van der Waals surface area contributed by atoms with Crippen LogP contribution in [0.25, 0.3) is 6.08 Å². The minimum Gasteiger partial charge on any atom is -0.400 e. The summed E-state index contributed by atoms with van der Waals surface area (Å²) in [6, 6.07) is 7.59. The van der Waals surface area contributed by atoms with Crippen molar-refractivity contribution < 1.29 is 14.1 Å². The van der Waals surface area contributed by atoms with Crippen molar-refractivity contribution in [2.75, 3.05) is 11.5 Å². The Labute approximate surface area is 142 Å². The van der Waals surface area contributed by atoms with Gasteiger partial charge in [0.25, 0.3) is 0 Å². The quantitative estimate of drug-likeness (QED) is 0.674. The molecule has 0 radical (unpaired) electrons. The van der Waals surface area contributed by atoms with E-state index in [2.05, 4.69) is 0 Å². The average Bonchev–Trinajstić information content (AvgIpc) is 2.65. The summed E-state index contributed by atoms with van der Waals surface area (Å²) in [6.45, 7) is 9.64. The van der Waals surface area contributed by atoms with Crippen LogP contribution in [0, 0.1) is 0 Å². The molecular formula is C17H24BNO3S. The first-order valence-electron chi connectivity index (χ1n) is 7.66. The number of hydrogen-bond acceptors (Lipinski definition) is 5. The number of nitrogens with two attached hydrogens (primary N) is 1. The summed E-state index contributed by atoms with van der Waals surface area (Å²) in [5.41, 5.74) is 7.59. The molecule has 0 atom stereocenters. The number of thioether (sulfide) groups is 1. The van der Waals surface area contributed by atoms with Crippen LogP contribution in [0.2, 0.25) is 0 Å². The maximum atomic E-state index is 11.4. The van der Waals surface area contributed by atoms with Crippen LogP contribution in [-0.4, -0.2) is 29.2 Å². The van der Waals surface area contributed by atoms with E-state index in [1.165, 1.54) is 11.8 Å². The molecule has 4 nitrogen and oxygen atoms in total. The molecule has 1 saturated heterocycles. The summed E-state index contributed by atoms with van der Waals surface area (Å²) in [4.78, 5) is 11.4. The number of benzene rings is 1. The van der Waals surface area contributed by atoms with Crippen molar-refractivity contribution in [1.29, 1.82) is 0 Å². The van der Waals surface area contributed by atoms with Crippen LogP contribution in [0.4, 0.5) is 5.69 Å². The van der Waals surface area contributed by atoms with Crippen LogP contribution >= 0.6 is 11.8 Å². The van der Waals surface area contributed by atoms with Gasteiger partial charge in [-0.1, -0.05) is 30.0 Å². The predicted molar refractivity (Wildman–Crippen MR) is 98.1 cm³/mol. The van der Waals surface area contributed by atoms with Gasteiger partial charge in [-0.25, -0.2) is 0 Å². The Balaban J connectivity index is 2.28. The minimum absolute atomic E-state index is 0.0738. The third-order valence-corrected chi connectivity index (χ3v) is 5.17. The molecule has 0 bridgehead atoms. The van der Waals surface area contributed by atoms with Gasteiger partial charge in [-0.3, -0.25) is 4.79 Å². The van der Waals surface area contributed by atoms with Crippen molar-refractivity contribution >= 4 is 35.8 Å². The zero-order valence-electron chi connectivity index (χ0n) is 14.4. The largest absolute Gasteiger partial charge is 0.491 e. The predicted octanol–water partition coefficient (Wildman–Crippen LogP) is 3.56. The van der Waals surface area contributed by atoms with Crippen molar-refractivity contribution in [3.8, 4) is 0 Å². The molecule has 0 saturated carbocycles. The molecule has 1 aromatic rings. The number of carbonyl (C=O) groups is 1. The molecule has 0 unspecified atom stereocenters. The second kappa shape index (κ2) is 6.71. The molecule has 1 heterocycles. The van der Waals surface area contributed by atoms with Crippen LogP contribution in [0.15, 0.2) is 29.7 Å². The van der Waals surface area contributed by atoms with Gasteiger partial charge in [0.1, 0.15) is 0 Å². The van der Waals surface area contributed by atoms with E-state index < -0.39 is 18.3 Å². The molecule has 1 aliphatic heterocycles. The van der Waals surface area contributed by atoms with E-state index in [1.807, 2.05) is 58.0 Å². The third kappa shape index (κ3) is 4.40. The lowest BCUT2D eigenvalue weighted by Gasteiger charge is -2.32. The Bertz CT molecular complexity index is 595. The lowest BCUT2D eigenvalue weighted by Crippen LogP contribution is -2.41. The van der Waals surface area contributed by atoms with Crippen LogP contribution in [0.5, 0.6) is 0 Å². The fraction of sp³-hybridized carbons (Fsp3) is 0.471. The van der Waals surface area contributed by atoms with Gasteiger partial charge in [0.15, 0.2) is 5.12 Å². The van der Waals surface area contributed by atoms with E-state index in [9.17, 15) is 4.79 Å². The number of hydrogen-bond donors (Lipinski definition) is 1. The van der Waals surface area contributed by atoms with E-state index in [1.54, 1.807) is 6.92 Å². The fourth-order valence-corrected chi connectivity index (χ4v) is 2.75. The second-order valence-corrected chi connectivity index (χ2v) is 7.91. The van der Waals surface area contributed by atoms with Gasteiger partial charge in [0, 0.05) is 18.4 Å². The van der Waals surface area contributed by atoms with Crippen LogP contribution in [0.3, 0.4) is 0 Å². The Morgan fingerprint density at radius 3 is 2.17 bits per heavy atom. The van der Waals surface area contributed by atoms with Gasteiger partial charge in [-0.2, -0.15) is 0 Å². The summed E-state index contributed by atoms with van der Waals surface area (Å²) in [7, 11) is -0.454. The van der Waals surface area contributed by atoms with Gasteiger partial charge < -0.3 is 15.0 Å². The van der Waals surface area contributed by atoms with Crippen LogP contribution in [0.1, 0.15) is 40.2 Å². The monoisotopic (exact) mass is 333 g/mol. The maximum Gasteiger partial charge on any atom is 0.491 e. The first-order chi connectivity index (χ1) is 10.6. The van der Waals surface area contributed by atoms with Gasteiger partial charge in [-0.05, 0) is 50.9 Å². The highest BCUT2D eigenvalue weighted by atomic mass is 32.2. The lowest BCUT2D eigenvalue weighted by molar-refractivity contribution is -0.109. The molecular weight excluding hydrogens is 309 g/mol. The highest BCUT2D eigenvalue weighted by Crippen LogP contribution is 2.39. The number of carbonyl (C=O) groups excluding carboxylic acids is 1. The molecule has 2 N–H and O–H groups in total. The van der Waals surface area contributed by atoms with E-state index in [0.29, 0.717) is 5.75 Å². The highest BCUT2D eigenvalue weighted by Gasteiger charge is 2.52. The molecule has 124 valence electrons. The smallest absolute Gasteiger partial charge is 0.400 e. The van der Waals surface area contributed by atoms with Crippen molar-refractivity contribution in [2.24, 2.45) is 0 Å². The normalized spacial score (nSPS) is 19.9. The Morgan fingerprint density at radius 2 is 1.70 bits per heavy atom. The van der Waals surface area contributed by atoms with E-state index >= 15 is 0 Å². The first-order valence-corrected chi connectivity index (χ1v) is 8.64. The molecule has 1 aromatic carbocycles. The SMILES string of the molecule is CC(=O)SCC(=Cc1ccc(N)cc1)B1OC(C)(C)C(C)(C)O1. The summed E-state index contributed by atoms with van der Waals surface area (Å²) < 4.78 is 12.2. The Morgan fingerprint density at radius 1 is 1.17 bits per heavy atom. The zero-order valence-corrected chi connectivity index (χ0v) is 15.2. The Hall–Kier alpha value is -1.24. The molecule has 0 aromatic heterocycles. The lowest BCUT2D eigenvalue weighted by atomic mass is 9.78. The van der Waals surface area contributed by atoms with Gasteiger partial charge >= 0.3 is 7.12 Å². The van der Waals surface area contributed by atoms with Crippen LogP contribution in [-0.2, 0) is 14.1 Å². The van der Waals surface area contributed by atoms with Gasteiger partial charge in [-0.15, -0.1) is 0 Å². The maximum absolute atomic E-state index is 11.4. The molecule has 0 amide bonds. The topological polar surface area (TPSA) is 61.6 Å². The molecule has 0 aliphatic carbocycles. The molecule has 1 fully saturated rings. The average molecular weight is 333 g/mol. The zero-order chi connectivity index (χ0) is 17.3. The molecule has 0 spiro atoms. The molecule has 23 heavy (non-hydrogen) atoms. The van der Waals surface area contributed by atoms with Crippen molar-refractivity contribution in [3.63, 3.8) is 0 Å². The number of nitrogen functional groups attached to an aromatic ring is 1. The van der Waals surface area contributed by atoms with E-state index in [0.717, 1.165) is 16.7 Å². The third-order valence-electron chi connectivity index (χ3n) is 4.29. The number of anilines is 1. The Kier molecular flexibility index (Phi) is 5.28. The molecule has 6 heteroatoms. The summed E-state index contributed by atoms with van der Waals surface area (Å²) in [5, 5.41) is 0.0738.